The highest BCUT2D eigenvalue weighted by molar-refractivity contribution is 5.60. The minimum atomic E-state index is -0.166. The van der Waals surface area contributed by atoms with Gasteiger partial charge in [0.15, 0.2) is 0 Å². The third kappa shape index (κ3) is 4.20. The van der Waals surface area contributed by atoms with Crippen molar-refractivity contribution in [1.82, 2.24) is 14.5 Å². The van der Waals surface area contributed by atoms with Crippen LogP contribution < -0.4 is 0 Å². The summed E-state index contributed by atoms with van der Waals surface area (Å²) in [5, 5.41) is 0. The third-order valence-corrected chi connectivity index (χ3v) is 4.40. The van der Waals surface area contributed by atoms with Crippen molar-refractivity contribution < 1.29 is 4.39 Å². The van der Waals surface area contributed by atoms with Crippen LogP contribution in [-0.2, 0) is 6.54 Å². The monoisotopic (exact) mass is 317 g/mol. The van der Waals surface area contributed by atoms with Crippen molar-refractivity contribution in [2.24, 2.45) is 0 Å². The van der Waals surface area contributed by atoms with Gasteiger partial charge in [-0.05, 0) is 57.6 Å². The van der Waals surface area contributed by atoms with Gasteiger partial charge in [-0.15, -0.1) is 0 Å². The topological polar surface area (TPSA) is 21.1 Å². The number of nitrogens with zero attached hydrogens (tertiary/aromatic N) is 3. The first-order valence-electron chi connectivity index (χ1n) is 8.44. The number of hydrogen-bond donors (Lipinski definition) is 0. The SMILES string of the molecule is CCC(CC)c1nc(-c2ccc(F)c(C)c2)cn1CCN(C)C. The summed E-state index contributed by atoms with van der Waals surface area (Å²) < 4.78 is 15.8. The minimum absolute atomic E-state index is 0.166. The van der Waals surface area contributed by atoms with Crippen molar-refractivity contribution in [3.8, 4) is 11.3 Å². The maximum absolute atomic E-state index is 13.5. The molecule has 0 radical (unpaired) electrons. The van der Waals surface area contributed by atoms with Crippen LogP contribution >= 0.6 is 0 Å². The number of aryl methyl sites for hydroxylation is 1. The second-order valence-electron chi connectivity index (χ2n) is 6.46. The Bertz CT molecular complexity index is 642. The smallest absolute Gasteiger partial charge is 0.126 e. The molecule has 1 aromatic carbocycles. The van der Waals surface area contributed by atoms with E-state index in [1.807, 2.05) is 12.1 Å². The Balaban J connectivity index is 2.40. The van der Waals surface area contributed by atoms with E-state index in [-0.39, 0.29) is 5.82 Å². The molecule has 0 fully saturated rings. The molecule has 0 saturated heterocycles. The maximum Gasteiger partial charge on any atom is 0.126 e. The molecular formula is C19H28FN3. The summed E-state index contributed by atoms with van der Waals surface area (Å²) in [6.45, 7) is 8.11. The standard InChI is InChI=1S/C19H28FN3/c1-6-15(7-2)19-21-18(13-23(19)11-10-22(4)5)16-8-9-17(20)14(3)12-16/h8-9,12-13,15H,6-7,10-11H2,1-5H3. The second kappa shape index (κ2) is 7.73. The molecule has 0 amide bonds. The molecule has 0 spiro atoms. The van der Waals surface area contributed by atoms with Crippen LogP contribution in [0.25, 0.3) is 11.3 Å². The predicted octanol–water partition coefficient (Wildman–Crippen LogP) is 4.46. The first kappa shape index (κ1) is 17.7. The van der Waals surface area contributed by atoms with Crippen molar-refractivity contribution in [2.45, 2.75) is 46.1 Å². The summed E-state index contributed by atoms with van der Waals surface area (Å²) in [7, 11) is 4.16. The molecule has 0 aliphatic rings. The highest BCUT2D eigenvalue weighted by atomic mass is 19.1. The van der Waals surface area contributed by atoms with Gasteiger partial charge in [-0.1, -0.05) is 13.8 Å². The lowest BCUT2D eigenvalue weighted by Gasteiger charge is -2.16. The average Bonchev–Trinajstić information content (AvgIpc) is 2.93. The number of imidazole rings is 1. The van der Waals surface area contributed by atoms with Crippen LogP contribution in [0.1, 0.15) is 44.0 Å². The first-order chi connectivity index (χ1) is 11.0. The fourth-order valence-corrected chi connectivity index (χ4v) is 2.84. The average molecular weight is 317 g/mol. The minimum Gasteiger partial charge on any atom is -0.333 e. The molecule has 1 aromatic heterocycles. The van der Waals surface area contributed by atoms with E-state index in [9.17, 15) is 4.39 Å². The largest absolute Gasteiger partial charge is 0.333 e. The van der Waals surface area contributed by atoms with Gasteiger partial charge in [0.25, 0.3) is 0 Å². The van der Waals surface area contributed by atoms with E-state index in [0.717, 1.165) is 43.0 Å². The Labute approximate surface area is 139 Å². The normalized spacial score (nSPS) is 11.7. The van der Waals surface area contributed by atoms with E-state index in [1.54, 1.807) is 6.92 Å². The van der Waals surface area contributed by atoms with Gasteiger partial charge in [0.2, 0.25) is 0 Å². The number of aromatic nitrogens is 2. The van der Waals surface area contributed by atoms with Crippen LogP contribution in [-0.4, -0.2) is 35.1 Å². The third-order valence-electron chi connectivity index (χ3n) is 4.40. The van der Waals surface area contributed by atoms with Gasteiger partial charge in [0.1, 0.15) is 11.6 Å². The zero-order valence-electron chi connectivity index (χ0n) is 14.9. The number of benzene rings is 1. The van der Waals surface area contributed by atoms with Crippen LogP contribution in [0.2, 0.25) is 0 Å². The van der Waals surface area contributed by atoms with Gasteiger partial charge in [0.05, 0.1) is 5.69 Å². The number of hydrogen-bond acceptors (Lipinski definition) is 2. The van der Waals surface area contributed by atoms with Crippen molar-refractivity contribution in [3.63, 3.8) is 0 Å². The fourth-order valence-electron chi connectivity index (χ4n) is 2.84. The Hall–Kier alpha value is -1.68. The van der Waals surface area contributed by atoms with Crippen LogP contribution in [0.5, 0.6) is 0 Å². The Morgan fingerprint density at radius 2 is 1.91 bits per heavy atom. The fraction of sp³-hybridized carbons (Fsp3) is 0.526. The van der Waals surface area contributed by atoms with Crippen molar-refractivity contribution in [1.29, 1.82) is 0 Å². The van der Waals surface area contributed by atoms with Crippen LogP contribution in [0, 0.1) is 12.7 Å². The van der Waals surface area contributed by atoms with Gasteiger partial charge in [0, 0.05) is 30.8 Å². The van der Waals surface area contributed by atoms with Gasteiger partial charge in [-0.25, -0.2) is 9.37 Å². The summed E-state index contributed by atoms with van der Waals surface area (Å²) in [5.74, 6) is 1.45. The molecule has 2 rings (SSSR count). The molecule has 0 unspecified atom stereocenters. The number of halogens is 1. The number of likely N-dealkylation sites (N-methyl/N-ethyl adjacent to an activating group) is 1. The molecule has 3 nitrogen and oxygen atoms in total. The van der Waals surface area contributed by atoms with E-state index in [2.05, 4.69) is 43.6 Å². The molecule has 0 aliphatic heterocycles. The Kier molecular flexibility index (Phi) is 5.94. The lowest BCUT2D eigenvalue weighted by molar-refractivity contribution is 0.376. The summed E-state index contributed by atoms with van der Waals surface area (Å²) in [5.41, 5.74) is 2.59. The summed E-state index contributed by atoms with van der Waals surface area (Å²) >= 11 is 0. The number of rotatable bonds is 7. The predicted molar refractivity (Wildman–Crippen MR) is 94.2 cm³/mol. The second-order valence-corrected chi connectivity index (χ2v) is 6.46. The lowest BCUT2D eigenvalue weighted by atomic mass is 10.0. The first-order valence-corrected chi connectivity index (χ1v) is 8.44. The van der Waals surface area contributed by atoms with Crippen molar-refractivity contribution in [2.75, 3.05) is 20.6 Å². The quantitative estimate of drug-likeness (QED) is 0.751. The van der Waals surface area contributed by atoms with Crippen LogP contribution in [0.3, 0.4) is 0 Å². The Morgan fingerprint density at radius 3 is 2.48 bits per heavy atom. The Morgan fingerprint density at radius 1 is 1.22 bits per heavy atom. The molecule has 0 saturated carbocycles. The van der Waals surface area contributed by atoms with E-state index in [4.69, 9.17) is 4.98 Å². The van der Waals surface area contributed by atoms with Crippen molar-refractivity contribution >= 4 is 0 Å². The van der Waals surface area contributed by atoms with Gasteiger partial charge in [-0.2, -0.15) is 0 Å². The van der Waals surface area contributed by atoms with Crippen LogP contribution in [0.15, 0.2) is 24.4 Å². The van der Waals surface area contributed by atoms with Gasteiger partial charge in [-0.3, -0.25) is 0 Å². The zero-order valence-corrected chi connectivity index (χ0v) is 14.9. The molecule has 1 heterocycles. The van der Waals surface area contributed by atoms with Gasteiger partial charge < -0.3 is 9.47 Å². The van der Waals surface area contributed by atoms with E-state index < -0.39 is 0 Å². The summed E-state index contributed by atoms with van der Waals surface area (Å²) in [6.07, 6.45) is 4.28. The van der Waals surface area contributed by atoms with E-state index in [0.29, 0.717) is 11.5 Å². The molecule has 0 aliphatic carbocycles. The maximum atomic E-state index is 13.5. The van der Waals surface area contributed by atoms with E-state index in [1.165, 1.54) is 6.07 Å². The summed E-state index contributed by atoms with van der Waals surface area (Å²) in [4.78, 5) is 7.07. The highest BCUT2D eigenvalue weighted by Gasteiger charge is 2.17. The zero-order chi connectivity index (χ0) is 17.0. The molecule has 0 atom stereocenters. The molecule has 4 heteroatoms. The van der Waals surface area contributed by atoms with Crippen molar-refractivity contribution in [3.05, 3.63) is 41.6 Å². The van der Waals surface area contributed by atoms with E-state index >= 15 is 0 Å². The van der Waals surface area contributed by atoms with Gasteiger partial charge >= 0.3 is 0 Å². The lowest BCUT2D eigenvalue weighted by Crippen LogP contribution is -2.20. The molecule has 126 valence electrons. The highest BCUT2D eigenvalue weighted by Crippen LogP contribution is 2.27. The summed E-state index contributed by atoms with van der Waals surface area (Å²) in [6, 6.07) is 5.22. The molecule has 2 aromatic rings. The molecule has 23 heavy (non-hydrogen) atoms. The molecule has 0 N–H and O–H groups in total. The van der Waals surface area contributed by atoms with Crippen LogP contribution in [0.4, 0.5) is 4.39 Å². The molecular weight excluding hydrogens is 289 g/mol. The molecule has 0 bridgehead atoms.